The van der Waals surface area contributed by atoms with Gasteiger partial charge >= 0.3 is 5.97 Å². The van der Waals surface area contributed by atoms with E-state index in [4.69, 9.17) is 0 Å². The zero-order valence-corrected chi connectivity index (χ0v) is 12.4. The molecule has 0 N–H and O–H groups in total. The zero-order chi connectivity index (χ0) is 16.7. The van der Waals surface area contributed by atoms with Crippen LogP contribution >= 0.6 is 0 Å². The topological polar surface area (TPSA) is 63.7 Å². The monoisotopic (exact) mass is 313 g/mol. The van der Waals surface area contributed by atoms with Crippen LogP contribution in [0.4, 0.5) is 10.1 Å². The first-order valence-electron chi connectivity index (χ1n) is 6.82. The van der Waals surface area contributed by atoms with Gasteiger partial charge in [0.25, 0.3) is 11.8 Å². The molecule has 1 aliphatic rings. The molecule has 0 saturated carbocycles. The molecule has 1 aliphatic heterocycles. The van der Waals surface area contributed by atoms with E-state index in [2.05, 4.69) is 4.74 Å². The molecule has 1 heterocycles. The highest BCUT2D eigenvalue weighted by atomic mass is 19.1. The molecule has 6 heteroatoms. The van der Waals surface area contributed by atoms with Crippen LogP contribution in [0.25, 0.3) is 0 Å². The van der Waals surface area contributed by atoms with Crippen LogP contribution in [0.5, 0.6) is 0 Å². The van der Waals surface area contributed by atoms with Crippen molar-refractivity contribution in [3.8, 4) is 0 Å². The van der Waals surface area contributed by atoms with Gasteiger partial charge in [0, 0.05) is 0 Å². The Bertz CT molecular complexity index is 825. The number of benzene rings is 2. The number of hydrogen-bond acceptors (Lipinski definition) is 4. The number of nitrogens with zero attached hydrogens (tertiary/aromatic N) is 1. The molecule has 5 nitrogen and oxygen atoms in total. The Kier molecular flexibility index (Phi) is 3.44. The molecule has 0 atom stereocenters. The van der Waals surface area contributed by atoms with E-state index in [0.717, 1.165) is 18.1 Å². The van der Waals surface area contributed by atoms with Gasteiger partial charge in [0.2, 0.25) is 0 Å². The average Bonchev–Trinajstić information content (AvgIpc) is 2.80. The number of esters is 1. The van der Waals surface area contributed by atoms with E-state index in [0.29, 0.717) is 0 Å². The van der Waals surface area contributed by atoms with Gasteiger partial charge < -0.3 is 4.74 Å². The van der Waals surface area contributed by atoms with Crippen LogP contribution in [0.15, 0.2) is 36.4 Å². The summed E-state index contributed by atoms with van der Waals surface area (Å²) in [4.78, 5) is 37.7. The molecule has 116 valence electrons. The molecule has 0 radical (unpaired) electrons. The standard InChI is InChI=1S/C17H12FNO4/c1-9-13(8-7-12(18)14(9)17(22)23-2)19-15(20)10-5-3-4-6-11(10)16(19)21/h3-8H,1-2H3. The summed E-state index contributed by atoms with van der Waals surface area (Å²) in [6.45, 7) is 1.47. The quantitative estimate of drug-likeness (QED) is 0.632. The number of carbonyl (C=O) groups is 3. The summed E-state index contributed by atoms with van der Waals surface area (Å²) in [7, 11) is 1.13. The number of imide groups is 1. The molecule has 3 rings (SSSR count). The normalized spacial score (nSPS) is 13.3. The van der Waals surface area contributed by atoms with Crippen LogP contribution in [0.3, 0.4) is 0 Å². The maximum atomic E-state index is 13.9. The van der Waals surface area contributed by atoms with Crippen molar-refractivity contribution in [3.63, 3.8) is 0 Å². The zero-order valence-electron chi connectivity index (χ0n) is 12.4. The maximum Gasteiger partial charge on any atom is 0.341 e. The number of methoxy groups -OCH3 is 1. The Morgan fingerprint density at radius 1 is 1.04 bits per heavy atom. The molecule has 0 saturated heterocycles. The minimum atomic E-state index is -0.863. The van der Waals surface area contributed by atoms with Crippen LogP contribution in [0, 0.1) is 12.7 Å². The molecule has 2 aromatic carbocycles. The number of halogens is 1. The Hall–Kier alpha value is -3.02. The van der Waals surface area contributed by atoms with E-state index in [1.165, 1.54) is 13.0 Å². The number of hydrogen-bond donors (Lipinski definition) is 0. The van der Waals surface area contributed by atoms with Gasteiger partial charge in [-0.15, -0.1) is 0 Å². The number of anilines is 1. The van der Waals surface area contributed by atoms with Crippen LogP contribution in [-0.2, 0) is 4.74 Å². The molecule has 0 aliphatic carbocycles. The Labute approximate surface area is 131 Å². The van der Waals surface area contributed by atoms with Gasteiger partial charge in [-0.1, -0.05) is 12.1 Å². The van der Waals surface area contributed by atoms with Crippen molar-refractivity contribution in [2.45, 2.75) is 6.92 Å². The highest BCUT2D eigenvalue weighted by Gasteiger charge is 2.37. The van der Waals surface area contributed by atoms with E-state index < -0.39 is 23.6 Å². The Balaban J connectivity index is 2.16. The van der Waals surface area contributed by atoms with Crippen molar-refractivity contribution < 1.29 is 23.5 Å². The number of rotatable bonds is 2. The summed E-state index contributed by atoms with van der Waals surface area (Å²) < 4.78 is 18.5. The van der Waals surface area contributed by atoms with E-state index in [1.54, 1.807) is 24.3 Å². The largest absolute Gasteiger partial charge is 0.465 e. The van der Waals surface area contributed by atoms with Gasteiger partial charge in [0.1, 0.15) is 11.4 Å². The molecule has 0 bridgehead atoms. The number of fused-ring (bicyclic) bond motifs is 1. The van der Waals surface area contributed by atoms with Crippen LogP contribution in [0.2, 0.25) is 0 Å². The van der Waals surface area contributed by atoms with Crippen LogP contribution in [0.1, 0.15) is 36.6 Å². The van der Waals surface area contributed by atoms with Gasteiger partial charge in [-0.2, -0.15) is 0 Å². The molecule has 2 amide bonds. The summed E-state index contributed by atoms with van der Waals surface area (Å²) in [6.07, 6.45) is 0. The molecule has 0 unspecified atom stereocenters. The molecule has 0 fully saturated rings. The van der Waals surface area contributed by atoms with Crippen molar-refractivity contribution in [2.24, 2.45) is 0 Å². The number of amides is 2. The van der Waals surface area contributed by atoms with Crippen molar-refractivity contribution in [1.29, 1.82) is 0 Å². The molecule has 0 spiro atoms. The lowest BCUT2D eigenvalue weighted by Crippen LogP contribution is -2.30. The minimum Gasteiger partial charge on any atom is -0.465 e. The highest BCUT2D eigenvalue weighted by molar-refractivity contribution is 6.34. The van der Waals surface area contributed by atoms with Crippen LogP contribution < -0.4 is 4.90 Å². The summed E-state index contributed by atoms with van der Waals surface area (Å²) in [5, 5.41) is 0. The lowest BCUT2D eigenvalue weighted by atomic mass is 10.0. The summed E-state index contributed by atoms with van der Waals surface area (Å²) in [5.41, 5.74) is 0.604. The molecular weight excluding hydrogens is 301 g/mol. The van der Waals surface area contributed by atoms with Crippen molar-refractivity contribution >= 4 is 23.5 Å². The summed E-state index contributed by atoms with van der Waals surface area (Å²) >= 11 is 0. The second-order valence-electron chi connectivity index (χ2n) is 5.05. The number of carbonyl (C=O) groups excluding carboxylic acids is 3. The van der Waals surface area contributed by atoms with Crippen molar-refractivity contribution in [1.82, 2.24) is 0 Å². The third-order valence-corrected chi connectivity index (χ3v) is 3.81. The molecule has 23 heavy (non-hydrogen) atoms. The predicted molar refractivity (Wildman–Crippen MR) is 80.1 cm³/mol. The first-order valence-corrected chi connectivity index (χ1v) is 6.82. The van der Waals surface area contributed by atoms with E-state index >= 15 is 0 Å². The average molecular weight is 313 g/mol. The van der Waals surface area contributed by atoms with Gasteiger partial charge in [-0.3, -0.25) is 9.59 Å². The fourth-order valence-electron chi connectivity index (χ4n) is 2.67. The third-order valence-electron chi connectivity index (χ3n) is 3.81. The molecule has 2 aromatic rings. The molecule has 0 aromatic heterocycles. The third kappa shape index (κ3) is 2.11. The van der Waals surface area contributed by atoms with Gasteiger partial charge in [-0.05, 0) is 36.8 Å². The summed E-state index contributed by atoms with van der Waals surface area (Å²) in [6, 6.07) is 8.76. The van der Waals surface area contributed by atoms with E-state index in [9.17, 15) is 18.8 Å². The van der Waals surface area contributed by atoms with E-state index in [1.807, 2.05) is 0 Å². The minimum absolute atomic E-state index is 0.165. The Morgan fingerprint density at radius 3 is 2.13 bits per heavy atom. The highest BCUT2D eigenvalue weighted by Crippen LogP contribution is 2.32. The second-order valence-corrected chi connectivity index (χ2v) is 5.05. The molecular formula is C17H12FNO4. The van der Waals surface area contributed by atoms with E-state index in [-0.39, 0.29) is 27.9 Å². The van der Waals surface area contributed by atoms with Gasteiger partial charge in [0.15, 0.2) is 0 Å². The SMILES string of the molecule is COC(=O)c1c(F)ccc(N2C(=O)c3ccccc3C2=O)c1C. The van der Waals surface area contributed by atoms with Crippen molar-refractivity contribution in [2.75, 3.05) is 12.0 Å². The maximum absolute atomic E-state index is 13.9. The second kappa shape index (κ2) is 5.31. The van der Waals surface area contributed by atoms with Crippen LogP contribution in [-0.4, -0.2) is 24.9 Å². The fraction of sp³-hybridized carbons (Fsp3) is 0.118. The first kappa shape index (κ1) is 14.9. The Morgan fingerprint density at radius 2 is 1.61 bits per heavy atom. The smallest absolute Gasteiger partial charge is 0.341 e. The lowest BCUT2D eigenvalue weighted by Gasteiger charge is -2.18. The van der Waals surface area contributed by atoms with Gasteiger partial charge in [-0.25, -0.2) is 14.1 Å². The number of ether oxygens (including phenoxy) is 1. The summed E-state index contributed by atoms with van der Waals surface area (Å²) in [5.74, 6) is -2.64. The predicted octanol–water partition coefficient (Wildman–Crippen LogP) is 2.72. The van der Waals surface area contributed by atoms with Gasteiger partial charge in [0.05, 0.1) is 23.9 Å². The fourth-order valence-corrected chi connectivity index (χ4v) is 2.67. The van der Waals surface area contributed by atoms with Crippen molar-refractivity contribution in [3.05, 3.63) is 64.5 Å². The lowest BCUT2D eigenvalue weighted by molar-refractivity contribution is 0.0594. The first-order chi connectivity index (χ1) is 11.0.